The maximum absolute atomic E-state index is 10.4. The van der Waals surface area contributed by atoms with Gasteiger partial charge in [0.25, 0.3) is 0 Å². The van der Waals surface area contributed by atoms with Gasteiger partial charge in [-0.15, -0.1) is 0 Å². The summed E-state index contributed by atoms with van der Waals surface area (Å²) >= 11 is 0. The van der Waals surface area contributed by atoms with Crippen molar-refractivity contribution in [3.05, 3.63) is 143 Å². The number of carboxylic acids is 2. The van der Waals surface area contributed by atoms with E-state index in [0.717, 1.165) is 51.5 Å². The molecule has 6 heterocycles. The number of aliphatic hydroxyl groups excluding tert-OH is 2. The van der Waals surface area contributed by atoms with Crippen LogP contribution in [-0.4, -0.2) is 113 Å². The minimum atomic E-state index is -0.973. The van der Waals surface area contributed by atoms with Crippen molar-refractivity contribution in [3.8, 4) is 34.5 Å². The van der Waals surface area contributed by atoms with Gasteiger partial charge in [0.2, 0.25) is 0 Å². The first-order chi connectivity index (χ1) is 39.6. The Hall–Kier alpha value is -8.79. The third kappa shape index (κ3) is 17.4. The van der Waals surface area contributed by atoms with E-state index in [1.165, 1.54) is 88.6 Å². The smallest absolute Gasteiger partial charge is 0.341 e. The van der Waals surface area contributed by atoms with E-state index in [0.29, 0.717) is 51.6 Å². The number of carboxylic acid groups (broad SMARTS) is 2. The molecule has 8 N–H and O–H groups in total. The molecule has 0 saturated carbocycles. The molecule has 0 saturated heterocycles. The van der Waals surface area contributed by atoms with E-state index in [1.807, 2.05) is 80.4 Å². The van der Waals surface area contributed by atoms with Gasteiger partial charge in [-0.05, 0) is 113 Å². The molecule has 0 spiro atoms. The molecule has 84 heavy (non-hydrogen) atoms. The van der Waals surface area contributed by atoms with Crippen LogP contribution in [0.2, 0.25) is 66.2 Å². The second-order valence-corrected chi connectivity index (χ2v) is 21.3. The van der Waals surface area contributed by atoms with Gasteiger partial charge >= 0.3 is 25.8 Å². The van der Waals surface area contributed by atoms with Gasteiger partial charge in [0.15, 0.2) is 53.7 Å². The molecule has 432 valence electrons. The predicted octanol–water partition coefficient (Wildman–Crippen LogP) is 4.56. The summed E-state index contributed by atoms with van der Waals surface area (Å²) in [5.41, 5.74) is 26.1. The molecule has 0 unspecified atom stereocenters. The Morgan fingerprint density at radius 2 is 0.845 bits per heavy atom. The number of fused-ring (bicyclic) bond motifs is 6. The molecule has 12 rings (SSSR count). The van der Waals surface area contributed by atoms with Crippen molar-refractivity contribution in [3.63, 3.8) is 0 Å². The molecule has 6 aromatic rings. The molecule has 0 aliphatic carbocycles. The minimum absolute atomic E-state index is 0. The van der Waals surface area contributed by atoms with Crippen LogP contribution in [-0.2, 0) is 57.8 Å². The summed E-state index contributed by atoms with van der Waals surface area (Å²) in [6.07, 6.45) is 9.63. The van der Waals surface area contributed by atoms with E-state index in [1.54, 1.807) is 12.1 Å². The third-order valence-corrected chi connectivity index (χ3v) is 15.7. The van der Waals surface area contributed by atoms with Gasteiger partial charge in [-0.3, -0.25) is 11.5 Å². The number of nitrogens with two attached hydrogens (primary N) is 2. The molecule has 6 aromatic carbocycles. The van der Waals surface area contributed by atoms with E-state index in [-0.39, 0.29) is 54.1 Å². The number of rotatable bonds is 14. The Morgan fingerprint density at radius 3 is 1.36 bits per heavy atom. The predicted molar refractivity (Wildman–Crippen MR) is 331 cm³/mol. The number of aliphatic hydroxyl groups is 2. The minimum Gasteiger partial charge on any atom is -0.482 e. The Morgan fingerprint density at radius 1 is 0.440 bits per heavy atom. The third-order valence-electron chi connectivity index (χ3n) is 15.7. The summed E-state index contributed by atoms with van der Waals surface area (Å²) in [5, 5.41) is 34.3. The molecule has 0 atom stereocenters. The number of aliphatic carboxylic acids is 2. The first-order valence-electron chi connectivity index (χ1n) is 28.4. The summed E-state index contributed by atoms with van der Waals surface area (Å²) < 4.78 is 42.0. The summed E-state index contributed by atoms with van der Waals surface area (Å²) in [7, 11) is 0. The standard InChI is InChI=1S/2C10H14BNO.2C10H11BO4.2C10H13BO2.2Rf/c1-11-5-4-8-2-3-9(13-7-12)6-10(8)11;1-11-6-5-8-3-2-4-9(10(8)11)13-7-12;1-11-9-4-8(14-6-10(12)13)3-2-7(9)5-15-11;1-11-10-7(5-15-11)3-2-4-8(10)14-6-9(12)13;1-11-5-4-8-2-3-9(13-7-12)6-10(8)11;1-11-6-5-8-3-2-4-9(10(8)11)13-7-12;;/h2-3,6H,4-5,7,12H2,1H3;2-4H,5-7,12H2,1H3;2*2-4H,5-6H2,1H3,(H,12,13);2-3,6,12H,4-5,7H2,1H3;2-4,12H,5-7H2,1H3;;. The molecule has 0 bridgehead atoms. The van der Waals surface area contributed by atoms with Gasteiger partial charge in [0.05, 0.1) is 13.2 Å². The van der Waals surface area contributed by atoms with Crippen molar-refractivity contribution in [2.75, 3.05) is 40.3 Å². The molecule has 24 heteroatoms. The van der Waals surface area contributed by atoms with Crippen LogP contribution in [0.25, 0.3) is 0 Å². The van der Waals surface area contributed by atoms with Crippen LogP contribution < -0.4 is 72.7 Å². The second-order valence-electron chi connectivity index (χ2n) is 21.3. The first kappa shape index (κ1) is 66.0. The molecular weight excluding hydrogens is 1570 g/mol. The number of ether oxygens (including phenoxy) is 6. The number of carbonyl (C=O) groups is 2. The zero-order chi connectivity index (χ0) is 58.7. The maximum atomic E-state index is 10.4. The average Bonchev–Trinajstić information content (AvgIpc) is 4.24. The summed E-state index contributed by atoms with van der Waals surface area (Å²) in [4.78, 5) is 20.7. The number of hydrogen-bond donors (Lipinski definition) is 6. The Kier molecular flexibility index (Phi) is 25.3. The molecule has 16 nitrogen and oxygen atoms in total. The Balaban J connectivity index is 0.000000184. The SMILES string of the molecule is CB1CCc2ccc(OCN)cc21.CB1CCc2ccc(OCO)cc21.CB1CCc2cccc(OCN)c21.CB1CCc2cccc(OCO)c21.CB1OCc2ccc(OCC(=O)O)cc21.CB1OCc2cccc(OCC(=O)O)c21.[Rf].[Rf]. The molecular formula is C60H76B6N2O14Rf2. The van der Waals surface area contributed by atoms with Crippen LogP contribution in [0.5, 0.6) is 34.5 Å². The van der Waals surface area contributed by atoms with Crippen molar-refractivity contribution < 1.29 is 67.7 Å². The van der Waals surface area contributed by atoms with Crippen molar-refractivity contribution in [2.45, 2.75) is 105 Å². The van der Waals surface area contributed by atoms with Crippen LogP contribution in [0.1, 0.15) is 33.4 Å². The molecule has 0 aromatic heterocycles. The summed E-state index contributed by atoms with van der Waals surface area (Å²) in [6.45, 7) is 16.0. The van der Waals surface area contributed by atoms with E-state index >= 15 is 0 Å². The van der Waals surface area contributed by atoms with E-state index in [4.69, 9.17) is 69.6 Å². The fourth-order valence-electron chi connectivity index (χ4n) is 11.5. The maximum Gasteiger partial charge on any atom is 0.341 e. The molecule has 6 aliphatic rings. The van der Waals surface area contributed by atoms with E-state index < -0.39 is 11.9 Å². The van der Waals surface area contributed by atoms with Crippen molar-refractivity contribution in [1.82, 2.24) is 0 Å². The van der Waals surface area contributed by atoms with E-state index in [9.17, 15) is 9.59 Å². The van der Waals surface area contributed by atoms with Crippen LogP contribution in [0, 0.1) is 0 Å². The van der Waals surface area contributed by atoms with Gasteiger partial charge in [-0.1, -0.05) is 154 Å². The number of hydrogen-bond acceptors (Lipinski definition) is 14. The normalized spacial score (nSPS) is 13.9. The monoisotopic (exact) mass is 1650 g/mol. The van der Waals surface area contributed by atoms with Gasteiger partial charge in [-0.25, -0.2) is 9.59 Å². The van der Waals surface area contributed by atoms with Gasteiger partial charge < -0.3 is 58.2 Å². The molecule has 6 aliphatic heterocycles. The Labute approximate surface area is 485 Å². The summed E-state index contributed by atoms with van der Waals surface area (Å²) in [5.74, 6) is 2.74. The van der Waals surface area contributed by atoms with Crippen molar-refractivity contribution in [2.24, 2.45) is 11.5 Å². The molecule has 0 fully saturated rings. The van der Waals surface area contributed by atoms with Crippen LogP contribution in [0.15, 0.2) is 109 Å². The Bertz CT molecular complexity index is 2970. The fourth-order valence-corrected chi connectivity index (χ4v) is 11.5. The molecule has 0 radical (unpaired) electrons. The van der Waals surface area contributed by atoms with Crippen LogP contribution in [0.4, 0.5) is 0 Å². The number of aryl methyl sites for hydroxylation is 4. The zero-order valence-corrected chi connectivity index (χ0v) is 62.4. The van der Waals surface area contributed by atoms with Gasteiger partial charge in [0.1, 0.15) is 48.0 Å². The van der Waals surface area contributed by atoms with Crippen molar-refractivity contribution >= 4 is 85.4 Å². The van der Waals surface area contributed by atoms with Gasteiger partial charge in [0, 0.05) is 0 Å². The molecule has 0 amide bonds. The fraction of sp³-hybridized carbons (Fsp3) is 0.367. The van der Waals surface area contributed by atoms with Crippen LogP contribution in [0.3, 0.4) is 0 Å². The second kappa shape index (κ2) is 32.2. The average molecular weight is 1650 g/mol. The summed E-state index contributed by atoms with van der Waals surface area (Å²) in [6, 6.07) is 35.7. The first-order valence-corrected chi connectivity index (χ1v) is 28.4. The van der Waals surface area contributed by atoms with Crippen LogP contribution >= 0.6 is 0 Å². The van der Waals surface area contributed by atoms with Crippen molar-refractivity contribution in [1.29, 1.82) is 0 Å². The topological polar surface area (TPSA) is 241 Å². The largest absolute Gasteiger partial charge is 0.482 e. The van der Waals surface area contributed by atoms with E-state index in [2.05, 4.69) is 57.6 Å². The number of benzene rings is 6. The van der Waals surface area contributed by atoms with Gasteiger partial charge in [-0.2, -0.15) is 0 Å². The quantitative estimate of drug-likeness (QED) is 0.0647. The zero-order valence-electron chi connectivity index (χ0n) is 49.6.